The Kier molecular flexibility index (Phi) is 62.2. The number of carbonyl (C=O) groups is 2. The minimum atomic E-state index is -4.40. The fourth-order valence-electron chi connectivity index (χ4n) is 9.14. The fourth-order valence-corrected chi connectivity index (χ4v) is 9.88. The van der Waals surface area contributed by atoms with E-state index < -0.39 is 26.5 Å². The van der Waals surface area contributed by atoms with Gasteiger partial charge in [0.2, 0.25) is 0 Å². The molecule has 2 atom stereocenters. The van der Waals surface area contributed by atoms with Gasteiger partial charge in [0.1, 0.15) is 19.8 Å². The molecule has 0 aliphatic carbocycles. The minimum Gasteiger partial charge on any atom is -0.462 e. The van der Waals surface area contributed by atoms with E-state index in [0.29, 0.717) is 17.4 Å². The van der Waals surface area contributed by atoms with E-state index in [9.17, 15) is 19.0 Å². The molecule has 0 aliphatic heterocycles. The predicted octanol–water partition coefficient (Wildman–Crippen LogP) is 22.6. The highest BCUT2D eigenvalue weighted by Crippen LogP contribution is 2.43. The maximum absolute atomic E-state index is 12.9. The lowest BCUT2D eigenvalue weighted by Crippen LogP contribution is -2.37. The van der Waals surface area contributed by atoms with Gasteiger partial charge >= 0.3 is 19.8 Å². The fraction of sp³-hybridized carbons (Fsp3) is 0.658. The first-order valence-corrected chi connectivity index (χ1v) is 36.1. The van der Waals surface area contributed by atoms with Crippen molar-refractivity contribution in [2.45, 2.75) is 277 Å². The van der Waals surface area contributed by atoms with Crippen molar-refractivity contribution in [2.75, 3.05) is 47.5 Å². The molecule has 0 spiro atoms. The molecule has 0 aliphatic rings. The lowest BCUT2D eigenvalue weighted by atomic mass is 10.0. The number of quaternary nitrogens is 1. The molecule has 0 saturated carbocycles. The molecular formula is C76H129NO8P+. The number of rotatable bonds is 62. The van der Waals surface area contributed by atoms with E-state index in [0.717, 1.165) is 116 Å². The smallest absolute Gasteiger partial charge is 0.462 e. The van der Waals surface area contributed by atoms with Crippen LogP contribution >= 0.6 is 7.82 Å². The van der Waals surface area contributed by atoms with E-state index >= 15 is 0 Å². The molecule has 0 fully saturated rings. The Morgan fingerprint density at radius 1 is 0.360 bits per heavy atom. The zero-order chi connectivity index (χ0) is 62.6. The standard InChI is InChI=1S/C76H128NO8P/c1-6-8-10-12-14-16-18-20-22-24-26-28-30-32-34-36-38-40-42-44-46-48-50-52-54-56-58-60-62-64-66-68-75(78)82-72-74(73-84-86(80,81)83-71-70-77(3,4)5)85-76(79)69-67-65-63-61-59-57-55-53-51-49-47-45-43-41-39-37-35-33-31-29-27-25-23-21-19-17-15-13-11-9-7-2/h8-11,14-17,20-23,26-29,32-35,38-41,74H,6-7,12-13,18-19,24-25,30-31,36-37,42-73H2,1-5H3/p+1/b10-8-,11-9-,16-14-,17-15-,22-20-,23-21-,28-26-,29-27-,34-32-,35-33-,40-38-,41-39-. The zero-order valence-electron chi connectivity index (χ0n) is 55.7. The normalized spacial score (nSPS) is 14.1. The number of unbranched alkanes of at least 4 members (excludes halogenated alkanes) is 24. The first-order chi connectivity index (χ1) is 42.0. The van der Waals surface area contributed by atoms with Crippen molar-refractivity contribution in [3.63, 3.8) is 0 Å². The molecule has 0 bridgehead atoms. The van der Waals surface area contributed by atoms with Crippen LogP contribution in [0.2, 0.25) is 0 Å². The molecule has 9 nitrogen and oxygen atoms in total. The third-order valence-corrected chi connectivity index (χ3v) is 15.3. The van der Waals surface area contributed by atoms with Gasteiger partial charge in [-0.05, 0) is 116 Å². The van der Waals surface area contributed by atoms with Gasteiger partial charge in [-0.3, -0.25) is 18.6 Å². The molecule has 0 rings (SSSR count). The van der Waals surface area contributed by atoms with Crippen molar-refractivity contribution in [3.05, 3.63) is 146 Å². The van der Waals surface area contributed by atoms with Gasteiger partial charge in [0.25, 0.3) is 0 Å². The summed E-state index contributed by atoms with van der Waals surface area (Å²) in [4.78, 5) is 35.9. The summed E-state index contributed by atoms with van der Waals surface area (Å²) in [6, 6.07) is 0. The van der Waals surface area contributed by atoms with E-state index in [4.69, 9.17) is 18.5 Å². The number of carbonyl (C=O) groups excluding carboxylic acids is 2. The Hall–Kier alpha value is -4.11. The Morgan fingerprint density at radius 3 is 0.930 bits per heavy atom. The van der Waals surface area contributed by atoms with Crippen molar-refractivity contribution in [2.24, 2.45) is 0 Å². The molecule has 0 aromatic carbocycles. The number of allylic oxidation sites excluding steroid dienone is 24. The number of esters is 2. The number of likely N-dealkylation sites (N-methyl/N-ethyl adjacent to an activating group) is 1. The second-order valence-corrected chi connectivity index (χ2v) is 25.3. The van der Waals surface area contributed by atoms with Crippen LogP contribution in [-0.4, -0.2) is 74.9 Å². The lowest BCUT2D eigenvalue weighted by molar-refractivity contribution is -0.870. The Labute approximate surface area is 529 Å². The topological polar surface area (TPSA) is 108 Å². The molecular weight excluding hydrogens is 1090 g/mol. The highest BCUT2D eigenvalue weighted by Gasteiger charge is 2.27. The average Bonchev–Trinajstić information content (AvgIpc) is 3.64. The summed E-state index contributed by atoms with van der Waals surface area (Å²) in [6.07, 6.45) is 96.5. The molecule has 0 aromatic heterocycles. The summed E-state index contributed by atoms with van der Waals surface area (Å²) in [7, 11) is 1.46. The third kappa shape index (κ3) is 69.0. The first-order valence-electron chi connectivity index (χ1n) is 34.6. The SMILES string of the molecule is CC/C=C\C/C=C\C/C=C\C/C=C\C/C=C\C/C=C\CCCCCCCCCCCCCCC(=O)OCC(COP(=O)(O)OCC[N+](C)(C)C)OC(=O)CCCCCCCCCCCCCC/C=C\C/C=C\C/C=C\C/C=C\C/C=C\C/C=C\CC. The van der Waals surface area contributed by atoms with Gasteiger partial charge in [0, 0.05) is 12.8 Å². The molecule has 86 heavy (non-hydrogen) atoms. The summed E-state index contributed by atoms with van der Waals surface area (Å²) < 4.78 is 34.7. The molecule has 0 heterocycles. The number of hydrogen-bond donors (Lipinski definition) is 1. The highest BCUT2D eigenvalue weighted by atomic mass is 31.2. The first kappa shape index (κ1) is 81.9. The van der Waals surface area contributed by atoms with Gasteiger partial charge in [-0.1, -0.05) is 288 Å². The summed E-state index contributed by atoms with van der Waals surface area (Å²) in [6.45, 7) is 4.21. The monoisotopic (exact) mass is 1210 g/mol. The van der Waals surface area contributed by atoms with Gasteiger partial charge in [0.05, 0.1) is 27.7 Å². The van der Waals surface area contributed by atoms with Gasteiger partial charge in [-0.25, -0.2) is 4.57 Å². The van der Waals surface area contributed by atoms with Crippen molar-refractivity contribution in [1.29, 1.82) is 0 Å². The maximum atomic E-state index is 12.9. The summed E-state index contributed by atoms with van der Waals surface area (Å²) in [5.41, 5.74) is 0. The summed E-state index contributed by atoms with van der Waals surface area (Å²) in [5, 5.41) is 0. The van der Waals surface area contributed by atoms with E-state index in [1.807, 2.05) is 21.1 Å². The number of phosphoric acid groups is 1. The van der Waals surface area contributed by atoms with Crippen molar-refractivity contribution >= 4 is 19.8 Å². The number of phosphoric ester groups is 1. The van der Waals surface area contributed by atoms with Gasteiger partial charge < -0.3 is 18.9 Å². The largest absolute Gasteiger partial charge is 0.472 e. The second-order valence-electron chi connectivity index (χ2n) is 23.8. The van der Waals surface area contributed by atoms with E-state index in [2.05, 4.69) is 160 Å². The van der Waals surface area contributed by atoms with Crippen LogP contribution in [0.15, 0.2) is 146 Å². The van der Waals surface area contributed by atoms with Crippen LogP contribution in [0.4, 0.5) is 0 Å². The van der Waals surface area contributed by atoms with E-state index in [1.54, 1.807) is 0 Å². The lowest BCUT2D eigenvalue weighted by Gasteiger charge is -2.24. The van der Waals surface area contributed by atoms with Crippen molar-refractivity contribution in [1.82, 2.24) is 0 Å². The number of hydrogen-bond acceptors (Lipinski definition) is 7. The zero-order valence-corrected chi connectivity index (χ0v) is 56.6. The van der Waals surface area contributed by atoms with Crippen LogP contribution in [0.25, 0.3) is 0 Å². The van der Waals surface area contributed by atoms with Crippen LogP contribution in [-0.2, 0) is 32.7 Å². The Morgan fingerprint density at radius 2 is 0.628 bits per heavy atom. The van der Waals surface area contributed by atoms with Gasteiger partial charge in [-0.15, -0.1) is 0 Å². The molecule has 1 N–H and O–H groups in total. The summed E-state index contributed by atoms with van der Waals surface area (Å²) >= 11 is 0. The molecule has 0 saturated heterocycles. The van der Waals surface area contributed by atoms with Gasteiger partial charge in [-0.2, -0.15) is 0 Å². The van der Waals surface area contributed by atoms with Crippen LogP contribution in [0.3, 0.4) is 0 Å². The highest BCUT2D eigenvalue weighted by molar-refractivity contribution is 7.47. The van der Waals surface area contributed by atoms with Crippen molar-refractivity contribution < 1.29 is 42.1 Å². The molecule has 490 valence electrons. The van der Waals surface area contributed by atoms with Crippen LogP contribution in [0, 0.1) is 0 Å². The van der Waals surface area contributed by atoms with E-state index in [1.165, 1.54) is 122 Å². The third-order valence-electron chi connectivity index (χ3n) is 14.4. The van der Waals surface area contributed by atoms with Crippen molar-refractivity contribution in [3.8, 4) is 0 Å². The predicted molar refractivity (Wildman–Crippen MR) is 371 cm³/mol. The summed E-state index contributed by atoms with van der Waals surface area (Å²) in [5.74, 6) is -0.805. The maximum Gasteiger partial charge on any atom is 0.472 e. The molecule has 0 aromatic rings. The molecule has 0 amide bonds. The molecule has 10 heteroatoms. The van der Waals surface area contributed by atoms with Gasteiger partial charge in [0.15, 0.2) is 6.10 Å². The van der Waals surface area contributed by atoms with Crippen LogP contribution < -0.4 is 0 Å². The Bertz CT molecular complexity index is 1960. The minimum absolute atomic E-state index is 0.0247. The number of ether oxygens (including phenoxy) is 2. The van der Waals surface area contributed by atoms with Crippen LogP contribution in [0.1, 0.15) is 271 Å². The Balaban J connectivity index is 4.10. The van der Waals surface area contributed by atoms with E-state index in [-0.39, 0.29) is 32.0 Å². The second kappa shape index (κ2) is 65.3. The number of nitrogens with zero attached hydrogens (tertiary/aromatic N) is 1. The quantitative estimate of drug-likeness (QED) is 0.0211. The van der Waals surface area contributed by atoms with Crippen LogP contribution in [0.5, 0.6) is 0 Å². The molecule has 2 unspecified atom stereocenters. The molecule has 0 radical (unpaired) electrons. The average molecular weight is 1220 g/mol.